The molecule has 0 spiro atoms. The van der Waals surface area contributed by atoms with Gasteiger partial charge in [-0.3, -0.25) is 19.7 Å². The summed E-state index contributed by atoms with van der Waals surface area (Å²) < 4.78 is 3.61. The van der Waals surface area contributed by atoms with Crippen LogP contribution in [0.2, 0.25) is 0 Å². The Morgan fingerprint density at radius 3 is 2.96 bits per heavy atom. The first kappa shape index (κ1) is 13.6. The lowest BCUT2D eigenvalue weighted by Crippen LogP contribution is -2.33. The SMILES string of the molecule is Cn1ncc2c(=O)n(NC(=O)c3csc4ccccc34)cnc21. The normalized spacial score (nSPS) is 11.2. The van der Waals surface area contributed by atoms with Gasteiger partial charge in [0.15, 0.2) is 5.65 Å². The highest BCUT2D eigenvalue weighted by atomic mass is 32.1. The van der Waals surface area contributed by atoms with E-state index in [9.17, 15) is 9.59 Å². The number of rotatable bonds is 2. The lowest BCUT2D eigenvalue weighted by molar-refractivity contribution is 0.101. The molecule has 0 aliphatic rings. The Hall–Kier alpha value is -3.00. The van der Waals surface area contributed by atoms with Gasteiger partial charge in [0.1, 0.15) is 11.7 Å². The van der Waals surface area contributed by atoms with Gasteiger partial charge >= 0.3 is 0 Å². The van der Waals surface area contributed by atoms with Crippen LogP contribution in [0.25, 0.3) is 21.1 Å². The Balaban J connectivity index is 1.74. The number of fused-ring (bicyclic) bond motifs is 2. The van der Waals surface area contributed by atoms with Crippen LogP contribution >= 0.6 is 11.3 Å². The van der Waals surface area contributed by atoms with Crippen molar-refractivity contribution in [3.63, 3.8) is 0 Å². The fourth-order valence-corrected chi connectivity index (χ4v) is 3.37. The highest BCUT2D eigenvalue weighted by molar-refractivity contribution is 7.17. The highest BCUT2D eigenvalue weighted by Gasteiger charge is 2.14. The Morgan fingerprint density at radius 2 is 2.09 bits per heavy atom. The van der Waals surface area contributed by atoms with Crippen LogP contribution in [0.3, 0.4) is 0 Å². The van der Waals surface area contributed by atoms with E-state index < -0.39 is 0 Å². The van der Waals surface area contributed by atoms with E-state index in [0.717, 1.165) is 14.8 Å². The monoisotopic (exact) mass is 325 g/mol. The van der Waals surface area contributed by atoms with E-state index in [2.05, 4.69) is 15.5 Å². The number of hydrogen-bond acceptors (Lipinski definition) is 5. The predicted octanol–water partition coefficient (Wildman–Crippen LogP) is 1.73. The quantitative estimate of drug-likeness (QED) is 0.608. The molecular weight excluding hydrogens is 314 g/mol. The standard InChI is InChI=1S/C15H11N5O2S/c1-19-13-10(6-17-19)15(22)20(8-16-13)18-14(21)11-7-23-12-5-3-2-4-9(11)12/h2-8H,1H3,(H,18,21). The van der Waals surface area contributed by atoms with Gasteiger partial charge < -0.3 is 0 Å². The zero-order valence-corrected chi connectivity index (χ0v) is 12.9. The number of thiophene rings is 1. The first-order chi connectivity index (χ1) is 11.1. The number of aryl methyl sites for hydroxylation is 1. The lowest BCUT2D eigenvalue weighted by atomic mass is 10.2. The summed E-state index contributed by atoms with van der Waals surface area (Å²) in [6, 6.07) is 7.63. The molecule has 8 heteroatoms. The second kappa shape index (κ2) is 5.03. The van der Waals surface area contributed by atoms with Crippen molar-refractivity contribution in [3.8, 4) is 0 Å². The van der Waals surface area contributed by atoms with Crippen LogP contribution in [0.15, 0.2) is 47.0 Å². The largest absolute Gasteiger partial charge is 0.283 e. The van der Waals surface area contributed by atoms with Gasteiger partial charge in [-0.05, 0) is 6.07 Å². The van der Waals surface area contributed by atoms with E-state index >= 15 is 0 Å². The molecule has 1 N–H and O–H groups in total. The lowest BCUT2D eigenvalue weighted by Gasteiger charge is -2.07. The number of carbonyl (C=O) groups excluding carboxylic acids is 1. The van der Waals surface area contributed by atoms with Gasteiger partial charge in [-0.1, -0.05) is 18.2 Å². The topological polar surface area (TPSA) is 81.8 Å². The van der Waals surface area contributed by atoms with Crippen LogP contribution in [0.1, 0.15) is 10.4 Å². The van der Waals surface area contributed by atoms with Crippen LogP contribution in [-0.4, -0.2) is 25.3 Å². The van der Waals surface area contributed by atoms with Gasteiger partial charge in [0.05, 0.1) is 11.8 Å². The molecule has 0 atom stereocenters. The summed E-state index contributed by atoms with van der Waals surface area (Å²) in [5.74, 6) is -0.352. The predicted molar refractivity (Wildman–Crippen MR) is 88.3 cm³/mol. The number of nitrogens with one attached hydrogen (secondary N) is 1. The smallest absolute Gasteiger partial charge is 0.267 e. The second-order valence-electron chi connectivity index (χ2n) is 5.01. The van der Waals surface area contributed by atoms with Crippen LogP contribution in [-0.2, 0) is 7.05 Å². The molecule has 114 valence electrons. The molecule has 3 aromatic heterocycles. The van der Waals surface area contributed by atoms with E-state index in [-0.39, 0.29) is 11.5 Å². The van der Waals surface area contributed by atoms with Crippen molar-refractivity contribution in [2.45, 2.75) is 0 Å². The van der Waals surface area contributed by atoms with Gasteiger partial charge in [0, 0.05) is 22.5 Å². The molecule has 0 bridgehead atoms. The van der Waals surface area contributed by atoms with E-state index in [1.165, 1.54) is 28.5 Å². The third kappa shape index (κ3) is 2.11. The molecule has 0 fully saturated rings. The molecule has 3 heterocycles. The Morgan fingerprint density at radius 1 is 1.26 bits per heavy atom. The van der Waals surface area contributed by atoms with E-state index in [0.29, 0.717) is 16.6 Å². The molecule has 0 saturated heterocycles. The molecule has 1 amide bonds. The second-order valence-corrected chi connectivity index (χ2v) is 5.92. The number of amides is 1. The number of nitrogens with zero attached hydrogens (tertiary/aromatic N) is 4. The van der Waals surface area contributed by atoms with E-state index in [1.54, 1.807) is 12.4 Å². The number of carbonyl (C=O) groups is 1. The average Bonchev–Trinajstić information content (AvgIpc) is 3.14. The Bertz CT molecular complexity index is 1110. The highest BCUT2D eigenvalue weighted by Crippen LogP contribution is 2.25. The minimum atomic E-state index is -0.365. The van der Waals surface area contributed by atoms with Gasteiger partial charge in [-0.15, -0.1) is 11.3 Å². The summed E-state index contributed by atoms with van der Waals surface area (Å²) in [6.07, 6.45) is 2.73. The minimum Gasteiger partial charge on any atom is -0.267 e. The summed E-state index contributed by atoms with van der Waals surface area (Å²) in [7, 11) is 1.70. The molecule has 0 radical (unpaired) electrons. The van der Waals surface area contributed by atoms with Crippen molar-refractivity contribution in [1.82, 2.24) is 19.4 Å². The first-order valence-corrected chi connectivity index (χ1v) is 7.70. The molecule has 0 saturated carbocycles. The zero-order valence-electron chi connectivity index (χ0n) is 12.1. The van der Waals surface area contributed by atoms with Crippen molar-refractivity contribution in [2.75, 3.05) is 5.43 Å². The first-order valence-electron chi connectivity index (χ1n) is 6.82. The zero-order chi connectivity index (χ0) is 16.0. The van der Waals surface area contributed by atoms with Crippen molar-refractivity contribution in [3.05, 3.63) is 58.1 Å². The van der Waals surface area contributed by atoms with Crippen LogP contribution in [0.5, 0.6) is 0 Å². The summed E-state index contributed by atoms with van der Waals surface area (Å²) in [4.78, 5) is 29.0. The van der Waals surface area contributed by atoms with Crippen LogP contribution in [0, 0.1) is 0 Å². The molecule has 23 heavy (non-hydrogen) atoms. The number of benzene rings is 1. The fraction of sp³-hybridized carbons (Fsp3) is 0.0667. The molecule has 1 aromatic carbocycles. The maximum Gasteiger partial charge on any atom is 0.283 e. The molecule has 4 aromatic rings. The number of aromatic nitrogens is 4. The molecule has 0 aliphatic carbocycles. The van der Waals surface area contributed by atoms with E-state index in [1.807, 2.05) is 24.3 Å². The van der Waals surface area contributed by atoms with Gasteiger partial charge in [0.2, 0.25) is 0 Å². The number of hydrogen-bond donors (Lipinski definition) is 1. The van der Waals surface area contributed by atoms with Crippen LogP contribution in [0.4, 0.5) is 0 Å². The Kier molecular flexibility index (Phi) is 2.98. The van der Waals surface area contributed by atoms with Crippen molar-refractivity contribution >= 4 is 38.4 Å². The molecule has 0 aliphatic heterocycles. The molecule has 0 unspecified atom stereocenters. The van der Waals surface area contributed by atoms with Crippen LogP contribution < -0.4 is 11.0 Å². The maximum atomic E-state index is 12.5. The minimum absolute atomic E-state index is 0.352. The maximum absolute atomic E-state index is 12.5. The van der Waals surface area contributed by atoms with Gasteiger partial charge in [0.25, 0.3) is 11.5 Å². The summed E-state index contributed by atoms with van der Waals surface area (Å²) in [5.41, 5.74) is 3.22. The van der Waals surface area contributed by atoms with Crippen molar-refractivity contribution in [1.29, 1.82) is 0 Å². The van der Waals surface area contributed by atoms with Gasteiger partial charge in [-0.25, -0.2) is 9.66 Å². The summed E-state index contributed by atoms with van der Waals surface area (Å²) in [6.45, 7) is 0. The van der Waals surface area contributed by atoms with Gasteiger partial charge in [-0.2, -0.15) is 5.10 Å². The van der Waals surface area contributed by atoms with E-state index in [4.69, 9.17) is 0 Å². The third-order valence-corrected chi connectivity index (χ3v) is 4.56. The van der Waals surface area contributed by atoms with Crippen molar-refractivity contribution < 1.29 is 4.79 Å². The molecule has 7 nitrogen and oxygen atoms in total. The summed E-state index contributed by atoms with van der Waals surface area (Å²) >= 11 is 1.49. The molecular formula is C15H11N5O2S. The molecule has 4 rings (SSSR count). The average molecular weight is 325 g/mol. The fourth-order valence-electron chi connectivity index (χ4n) is 2.43. The van der Waals surface area contributed by atoms with Crippen molar-refractivity contribution in [2.24, 2.45) is 7.05 Å². The Labute approximate surface area is 133 Å². The third-order valence-electron chi connectivity index (χ3n) is 3.60. The summed E-state index contributed by atoms with van der Waals surface area (Å²) in [5, 5.41) is 6.99.